The Balaban J connectivity index is 2.36. The quantitative estimate of drug-likeness (QED) is 0.728. The van der Waals surface area contributed by atoms with Crippen LogP contribution in [0.1, 0.15) is 18.7 Å². The van der Waals surface area contributed by atoms with E-state index in [1.165, 1.54) is 0 Å². The van der Waals surface area contributed by atoms with Crippen molar-refractivity contribution in [3.8, 4) is 0 Å². The van der Waals surface area contributed by atoms with Gasteiger partial charge in [-0.3, -0.25) is 9.19 Å². The van der Waals surface area contributed by atoms with Crippen molar-refractivity contribution in [3.05, 3.63) is 30.1 Å². The molecule has 78 valence electrons. The average Bonchev–Trinajstić information content (AvgIpc) is 2.18. The van der Waals surface area contributed by atoms with Crippen LogP contribution < -0.4 is 5.32 Å². The zero-order valence-corrected chi connectivity index (χ0v) is 8.79. The van der Waals surface area contributed by atoms with E-state index in [0.717, 1.165) is 5.69 Å². The van der Waals surface area contributed by atoms with E-state index in [-0.39, 0.29) is 11.8 Å². The Kier molecular flexibility index (Phi) is 4.72. The molecule has 0 radical (unpaired) electrons. The van der Waals surface area contributed by atoms with Gasteiger partial charge >= 0.3 is 0 Å². The molecule has 0 amide bonds. The van der Waals surface area contributed by atoms with Crippen LogP contribution >= 0.6 is 0 Å². The molecule has 1 N–H and O–H groups in total. The van der Waals surface area contributed by atoms with Crippen LogP contribution in [0.15, 0.2) is 24.4 Å². The number of nitrogens with one attached hydrogen (secondary N) is 1. The lowest BCUT2D eigenvalue weighted by Gasteiger charge is -2.13. The average molecular weight is 213 g/mol. The Hall–Kier alpha value is -0.780. The Morgan fingerprint density at radius 2 is 2.43 bits per heavy atom. The third-order valence-corrected chi connectivity index (χ3v) is 2.39. The van der Waals surface area contributed by atoms with Crippen LogP contribution in [0.25, 0.3) is 0 Å². The highest BCUT2D eigenvalue weighted by molar-refractivity contribution is 7.79. The molecule has 2 unspecified atom stereocenters. The number of hydrogen-bond acceptors (Lipinski definition) is 4. The molecule has 4 nitrogen and oxygen atoms in total. The summed E-state index contributed by atoms with van der Waals surface area (Å²) in [6.45, 7) is 2.41. The van der Waals surface area contributed by atoms with Crippen molar-refractivity contribution in [1.29, 1.82) is 0 Å². The van der Waals surface area contributed by atoms with Gasteiger partial charge < -0.3 is 9.87 Å². The van der Waals surface area contributed by atoms with Crippen LogP contribution in [0.5, 0.6) is 0 Å². The smallest absolute Gasteiger partial charge is 0.0570 e. The molecule has 1 aromatic rings. The third-order valence-electron chi connectivity index (χ3n) is 1.85. The summed E-state index contributed by atoms with van der Waals surface area (Å²) in [4.78, 5) is 4.16. The maximum Gasteiger partial charge on any atom is 0.0570 e. The van der Waals surface area contributed by atoms with Gasteiger partial charge in [0.2, 0.25) is 0 Å². The van der Waals surface area contributed by atoms with Gasteiger partial charge in [0.15, 0.2) is 0 Å². The second kappa shape index (κ2) is 5.85. The normalized spacial score (nSPS) is 15.0. The molecule has 0 fully saturated rings. The van der Waals surface area contributed by atoms with Gasteiger partial charge in [-0.2, -0.15) is 0 Å². The second-order valence-corrected chi connectivity index (χ2v) is 3.95. The van der Waals surface area contributed by atoms with Crippen molar-refractivity contribution in [1.82, 2.24) is 10.3 Å². The maximum atomic E-state index is 10.3. The van der Waals surface area contributed by atoms with Crippen LogP contribution in [-0.2, 0) is 11.1 Å². The lowest BCUT2D eigenvalue weighted by atomic mass is 10.2. The van der Waals surface area contributed by atoms with E-state index >= 15 is 0 Å². The Bertz CT molecular complexity index is 292. The largest absolute Gasteiger partial charge is 0.772 e. The molecule has 0 saturated heterocycles. The minimum atomic E-state index is -1.97. The van der Waals surface area contributed by atoms with Gasteiger partial charge in [0, 0.05) is 24.5 Å². The van der Waals surface area contributed by atoms with E-state index < -0.39 is 11.1 Å². The standard InChI is InChI=1S/C9H14N2O2S/c1-8(10-6-7-14(12)13)9-4-2-3-5-11-9/h2-5,8,10H,6-7H2,1H3,(H,12,13)/p-1. The summed E-state index contributed by atoms with van der Waals surface area (Å²) in [5.74, 6) is 0.136. The maximum absolute atomic E-state index is 10.3. The molecule has 1 heterocycles. The van der Waals surface area contributed by atoms with E-state index in [2.05, 4.69) is 10.3 Å². The molecule has 1 rings (SSSR count). The highest BCUT2D eigenvalue weighted by Crippen LogP contribution is 2.06. The van der Waals surface area contributed by atoms with E-state index in [4.69, 9.17) is 0 Å². The summed E-state index contributed by atoms with van der Waals surface area (Å²) in [6.07, 6.45) is 1.72. The van der Waals surface area contributed by atoms with Crippen molar-refractivity contribution in [2.24, 2.45) is 0 Å². The van der Waals surface area contributed by atoms with Crippen molar-refractivity contribution in [2.75, 3.05) is 12.3 Å². The molecule has 0 saturated carbocycles. The molecule has 0 aliphatic heterocycles. The molecule has 5 heteroatoms. The minimum absolute atomic E-state index is 0.0831. The number of hydrogen-bond donors (Lipinski definition) is 1. The van der Waals surface area contributed by atoms with Crippen molar-refractivity contribution >= 4 is 11.1 Å². The monoisotopic (exact) mass is 213 g/mol. The van der Waals surface area contributed by atoms with Crippen molar-refractivity contribution in [3.63, 3.8) is 0 Å². The zero-order chi connectivity index (χ0) is 10.4. The van der Waals surface area contributed by atoms with Crippen molar-refractivity contribution in [2.45, 2.75) is 13.0 Å². The van der Waals surface area contributed by atoms with Gasteiger partial charge in [-0.1, -0.05) is 17.1 Å². The first-order valence-corrected chi connectivity index (χ1v) is 5.64. The lowest BCUT2D eigenvalue weighted by molar-refractivity contribution is 0.526. The Morgan fingerprint density at radius 3 is 3.00 bits per heavy atom. The van der Waals surface area contributed by atoms with Crippen LogP contribution in [0, 0.1) is 0 Å². The van der Waals surface area contributed by atoms with Gasteiger partial charge in [0.1, 0.15) is 0 Å². The fourth-order valence-electron chi connectivity index (χ4n) is 1.10. The fraction of sp³-hybridized carbons (Fsp3) is 0.444. The molecule has 0 bridgehead atoms. The lowest BCUT2D eigenvalue weighted by Crippen LogP contribution is -2.24. The zero-order valence-electron chi connectivity index (χ0n) is 7.97. The highest BCUT2D eigenvalue weighted by atomic mass is 32.2. The molecule has 0 aliphatic carbocycles. The van der Waals surface area contributed by atoms with Gasteiger partial charge in [-0.05, 0) is 19.1 Å². The van der Waals surface area contributed by atoms with E-state index in [1.54, 1.807) is 6.20 Å². The van der Waals surface area contributed by atoms with E-state index in [1.807, 2.05) is 25.1 Å². The minimum Gasteiger partial charge on any atom is -0.772 e. The molecule has 0 aliphatic rings. The molecule has 1 aromatic heterocycles. The van der Waals surface area contributed by atoms with Crippen molar-refractivity contribution < 1.29 is 8.76 Å². The summed E-state index contributed by atoms with van der Waals surface area (Å²) in [5, 5.41) is 3.07. The molecular weight excluding hydrogens is 200 g/mol. The summed E-state index contributed by atoms with van der Waals surface area (Å²) in [5.41, 5.74) is 0.921. The predicted molar refractivity (Wildman–Crippen MR) is 54.4 cm³/mol. The van der Waals surface area contributed by atoms with Crippen LogP contribution in [-0.4, -0.2) is 26.0 Å². The summed E-state index contributed by atoms with van der Waals surface area (Å²) in [6, 6.07) is 5.75. The van der Waals surface area contributed by atoms with Crippen LogP contribution in [0.4, 0.5) is 0 Å². The number of nitrogens with zero attached hydrogens (tertiary/aromatic N) is 1. The van der Waals surface area contributed by atoms with Gasteiger partial charge in [0.05, 0.1) is 5.69 Å². The van der Waals surface area contributed by atoms with Crippen LogP contribution in [0.2, 0.25) is 0 Å². The topological polar surface area (TPSA) is 65.0 Å². The summed E-state index contributed by atoms with van der Waals surface area (Å²) >= 11 is -1.97. The number of pyridine rings is 1. The molecule has 0 aromatic carbocycles. The summed E-state index contributed by atoms with van der Waals surface area (Å²) < 4.78 is 20.5. The number of rotatable bonds is 5. The predicted octanol–water partition coefficient (Wildman–Crippen LogP) is 0.611. The number of aromatic nitrogens is 1. The Labute approximate surface area is 86.0 Å². The van der Waals surface area contributed by atoms with Gasteiger partial charge in [-0.25, -0.2) is 0 Å². The Morgan fingerprint density at radius 1 is 1.64 bits per heavy atom. The van der Waals surface area contributed by atoms with E-state index in [0.29, 0.717) is 6.54 Å². The molecule has 0 spiro atoms. The highest BCUT2D eigenvalue weighted by Gasteiger charge is 2.03. The third kappa shape index (κ3) is 3.95. The van der Waals surface area contributed by atoms with E-state index in [9.17, 15) is 8.76 Å². The fourth-order valence-corrected chi connectivity index (χ4v) is 1.38. The first kappa shape index (κ1) is 11.3. The van der Waals surface area contributed by atoms with Gasteiger partial charge in [-0.15, -0.1) is 0 Å². The van der Waals surface area contributed by atoms with Gasteiger partial charge in [0.25, 0.3) is 0 Å². The SMILES string of the molecule is CC(NCCS(=O)[O-])c1ccccn1. The molecular formula is C9H13N2O2S-. The second-order valence-electron chi connectivity index (χ2n) is 2.94. The molecule has 2 atom stereocenters. The first-order valence-electron chi connectivity index (χ1n) is 4.40. The summed E-state index contributed by atoms with van der Waals surface area (Å²) in [7, 11) is 0. The first-order chi connectivity index (χ1) is 6.70. The molecule has 14 heavy (non-hydrogen) atoms. The van der Waals surface area contributed by atoms with Crippen LogP contribution in [0.3, 0.4) is 0 Å².